The van der Waals surface area contributed by atoms with Crippen molar-refractivity contribution in [3.63, 3.8) is 0 Å². The number of aromatic nitrogens is 2. The highest BCUT2D eigenvalue weighted by atomic mass is 79.9. The molecule has 2 amide bonds. The standard InChI is InChI=1S/C19H25BrN4O4S/c1-7-8-28-19(27)14-10(2)16(18(26)23(5)6)29-17(14)21-13(25)9-24-12(4)15(20)11(3)22-24/h7-9H2,1-6H3,(H,21,25). The van der Waals surface area contributed by atoms with E-state index in [1.165, 1.54) is 4.90 Å². The number of thiophene rings is 1. The number of nitrogens with one attached hydrogen (secondary N) is 1. The summed E-state index contributed by atoms with van der Waals surface area (Å²) in [5.41, 5.74) is 2.33. The van der Waals surface area contributed by atoms with Crippen LogP contribution in [0.1, 0.15) is 50.3 Å². The highest BCUT2D eigenvalue weighted by Gasteiger charge is 2.27. The van der Waals surface area contributed by atoms with Gasteiger partial charge in [0.05, 0.1) is 32.9 Å². The normalized spacial score (nSPS) is 10.7. The molecular weight excluding hydrogens is 460 g/mol. The first-order chi connectivity index (χ1) is 13.6. The van der Waals surface area contributed by atoms with E-state index in [0.29, 0.717) is 21.9 Å². The van der Waals surface area contributed by atoms with Crippen molar-refractivity contribution < 1.29 is 19.1 Å². The molecule has 2 aromatic heterocycles. The number of hydrogen-bond acceptors (Lipinski definition) is 6. The largest absolute Gasteiger partial charge is 0.462 e. The second-order valence-corrected chi connectivity index (χ2v) is 8.60. The fourth-order valence-electron chi connectivity index (χ4n) is 2.65. The van der Waals surface area contributed by atoms with Crippen LogP contribution in [0.25, 0.3) is 0 Å². The van der Waals surface area contributed by atoms with Crippen LogP contribution in [0.2, 0.25) is 0 Å². The monoisotopic (exact) mass is 484 g/mol. The van der Waals surface area contributed by atoms with Gasteiger partial charge in [0, 0.05) is 14.1 Å². The Morgan fingerprint density at radius 3 is 2.41 bits per heavy atom. The molecule has 0 aromatic carbocycles. The van der Waals surface area contributed by atoms with Crippen molar-refractivity contribution in [1.29, 1.82) is 0 Å². The predicted molar refractivity (Wildman–Crippen MR) is 116 cm³/mol. The second kappa shape index (κ2) is 9.53. The summed E-state index contributed by atoms with van der Waals surface area (Å²) in [6.45, 7) is 7.52. The number of nitrogens with zero attached hydrogens (tertiary/aromatic N) is 3. The summed E-state index contributed by atoms with van der Waals surface area (Å²) in [5, 5.41) is 7.39. The minimum atomic E-state index is -0.553. The van der Waals surface area contributed by atoms with E-state index >= 15 is 0 Å². The molecule has 1 N–H and O–H groups in total. The van der Waals surface area contributed by atoms with Crippen molar-refractivity contribution in [2.24, 2.45) is 0 Å². The maximum absolute atomic E-state index is 12.6. The number of anilines is 1. The van der Waals surface area contributed by atoms with Crippen molar-refractivity contribution in [1.82, 2.24) is 14.7 Å². The maximum atomic E-state index is 12.6. The summed E-state index contributed by atoms with van der Waals surface area (Å²) in [6, 6.07) is 0. The van der Waals surface area contributed by atoms with Gasteiger partial charge in [0.15, 0.2) is 0 Å². The van der Waals surface area contributed by atoms with Crippen molar-refractivity contribution in [3.05, 3.63) is 31.9 Å². The van der Waals surface area contributed by atoms with Crippen molar-refractivity contribution >= 4 is 50.1 Å². The van der Waals surface area contributed by atoms with Crippen LogP contribution in [-0.4, -0.2) is 53.2 Å². The Labute approximate surface area is 182 Å². The zero-order valence-corrected chi connectivity index (χ0v) is 19.8. The lowest BCUT2D eigenvalue weighted by atomic mass is 10.1. The van der Waals surface area contributed by atoms with Crippen LogP contribution in [0.5, 0.6) is 0 Å². The van der Waals surface area contributed by atoms with Crippen LogP contribution in [0.15, 0.2) is 4.47 Å². The van der Waals surface area contributed by atoms with Crippen LogP contribution >= 0.6 is 27.3 Å². The number of aryl methyl sites for hydroxylation is 1. The van der Waals surface area contributed by atoms with E-state index in [1.54, 1.807) is 25.7 Å². The van der Waals surface area contributed by atoms with Gasteiger partial charge >= 0.3 is 5.97 Å². The molecule has 2 rings (SSSR count). The molecule has 10 heteroatoms. The molecule has 8 nitrogen and oxygen atoms in total. The molecule has 2 heterocycles. The summed E-state index contributed by atoms with van der Waals surface area (Å²) in [6.07, 6.45) is 0.674. The minimum Gasteiger partial charge on any atom is -0.462 e. The van der Waals surface area contributed by atoms with Gasteiger partial charge in [-0.3, -0.25) is 14.3 Å². The molecular formula is C19H25BrN4O4S. The van der Waals surface area contributed by atoms with E-state index in [9.17, 15) is 14.4 Å². The first-order valence-corrected chi connectivity index (χ1v) is 10.7. The van der Waals surface area contributed by atoms with Crippen molar-refractivity contribution in [2.75, 3.05) is 26.0 Å². The van der Waals surface area contributed by atoms with Crippen LogP contribution < -0.4 is 5.32 Å². The number of carbonyl (C=O) groups is 3. The number of esters is 1. The van der Waals surface area contributed by atoms with Crippen LogP contribution in [0.3, 0.4) is 0 Å². The second-order valence-electron chi connectivity index (χ2n) is 6.79. The number of rotatable bonds is 7. The zero-order chi connectivity index (χ0) is 21.9. The number of halogens is 1. The average Bonchev–Trinajstić information content (AvgIpc) is 3.10. The first-order valence-electron chi connectivity index (χ1n) is 9.09. The number of ether oxygens (including phenoxy) is 1. The topological polar surface area (TPSA) is 93.5 Å². The van der Waals surface area contributed by atoms with Gasteiger partial charge < -0.3 is 15.0 Å². The molecule has 0 aliphatic heterocycles. The van der Waals surface area contributed by atoms with E-state index < -0.39 is 5.97 Å². The lowest BCUT2D eigenvalue weighted by Gasteiger charge is -2.09. The fraction of sp³-hybridized carbons (Fsp3) is 0.474. The van der Waals surface area contributed by atoms with Gasteiger partial charge in [-0.15, -0.1) is 11.3 Å². The van der Waals surface area contributed by atoms with E-state index in [4.69, 9.17) is 4.74 Å². The lowest BCUT2D eigenvalue weighted by molar-refractivity contribution is -0.116. The van der Waals surface area contributed by atoms with Crippen molar-refractivity contribution in [2.45, 2.75) is 40.7 Å². The molecule has 0 radical (unpaired) electrons. The minimum absolute atomic E-state index is 0.0182. The molecule has 29 heavy (non-hydrogen) atoms. The Balaban J connectivity index is 2.35. The highest BCUT2D eigenvalue weighted by Crippen LogP contribution is 2.34. The predicted octanol–water partition coefficient (Wildman–Crippen LogP) is 3.54. The molecule has 0 unspecified atom stereocenters. The highest BCUT2D eigenvalue weighted by molar-refractivity contribution is 9.10. The zero-order valence-electron chi connectivity index (χ0n) is 17.4. The molecule has 0 aliphatic carbocycles. The van der Waals surface area contributed by atoms with Gasteiger partial charge in [0.25, 0.3) is 5.91 Å². The molecule has 158 valence electrons. The van der Waals surface area contributed by atoms with Crippen LogP contribution in [-0.2, 0) is 16.1 Å². The average molecular weight is 485 g/mol. The van der Waals surface area contributed by atoms with Crippen LogP contribution in [0, 0.1) is 20.8 Å². The summed E-state index contributed by atoms with van der Waals surface area (Å²) >= 11 is 4.51. The first kappa shape index (κ1) is 23.1. The quantitative estimate of drug-likeness (QED) is 0.606. The molecule has 0 aliphatic rings. The molecule has 2 aromatic rings. The van der Waals surface area contributed by atoms with E-state index in [1.807, 2.05) is 20.8 Å². The molecule has 0 saturated carbocycles. The molecule has 0 fully saturated rings. The Bertz CT molecular complexity index is 949. The van der Waals surface area contributed by atoms with Gasteiger partial charge in [-0.05, 0) is 48.7 Å². The van der Waals surface area contributed by atoms with E-state index in [-0.39, 0.29) is 30.5 Å². The number of amides is 2. The Morgan fingerprint density at radius 2 is 1.90 bits per heavy atom. The van der Waals surface area contributed by atoms with Gasteiger partial charge in [0.1, 0.15) is 11.5 Å². The molecule has 0 bridgehead atoms. The van der Waals surface area contributed by atoms with Gasteiger partial charge in [-0.25, -0.2) is 4.79 Å². The van der Waals surface area contributed by atoms with Gasteiger partial charge in [-0.1, -0.05) is 6.92 Å². The summed E-state index contributed by atoms with van der Waals surface area (Å²) in [7, 11) is 3.27. The summed E-state index contributed by atoms with van der Waals surface area (Å²) in [4.78, 5) is 39.5. The SMILES string of the molecule is CCCOC(=O)c1c(NC(=O)Cn2nc(C)c(Br)c2C)sc(C(=O)N(C)C)c1C. The van der Waals surface area contributed by atoms with Crippen LogP contribution in [0.4, 0.5) is 5.00 Å². The Hall–Kier alpha value is -2.20. The number of carbonyl (C=O) groups excluding carboxylic acids is 3. The smallest absolute Gasteiger partial charge is 0.341 e. The Morgan fingerprint density at radius 1 is 1.24 bits per heavy atom. The summed E-state index contributed by atoms with van der Waals surface area (Å²) < 4.78 is 7.68. The van der Waals surface area contributed by atoms with Gasteiger partial charge in [0.2, 0.25) is 5.91 Å². The molecule has 0 saturated heterocycles. The third kappa shape index (κ3) is 5.05. The molecule has 0 atom stereocenters. The summed E-state index contributed by atoms with van der Waals surface area (Å²) in [5.74, 6) is -1.14. The lowest BCUT2D eigenvalue weighted by Crippen LogP contribution is -2.21. The molecule has 0 spiro atoms. The van der Waals surface area contributed by atoms with E-state index in [2.05, 4.69) is 26.3 Å². The number of hydrogen-bond donors (Lipinski definition) is 1. The van der Waals surface area contributed by atoms with Gasteiger partial charge in [-0.2, -0.15) is 5.10 Å². The van der Waals surface area contributed by atoms with Crippen molar-refractivity contribution in [3.8, 4) is 0 Å². The maximum Gasteiger partial charge on any atom is 0.341 e. The third-order valence-corrected chi connectivity index (χ3v) is 6.57. The van der Waals surface area contributed by atoms with E-state index in [0.717, 1.165) is 27.2 Å². The third-order valence-electron chi connectivity index (χ3n) is 4.23. The Kier molecular flexibility index (Phi) is 7.59. The fourth-order valence-corrected chi connectivity index (χ4v) is 4.17.